The predicted octanol–water partition coefficient (Wildman–Crippen LogP) is 1.97. The average molecular weight is 171 g/mol. The van der Waals surface area contributed by atoms with E-state index in [4.69, 9.17) is 4.74 Å². The Kier molecular flexibility index (Phi) is 7.11. The topological polar surface area (TPSA) is 21.3 Å². The SMILES string of the molecule is C=C(C)CCNCCOC(C)C. The third-order valence-electron chi connectivity index (χ3n) is 1.46. The van der Waals surface area contributed by atoms with Crippen molar-refractivity contribution < 1.29 is 4.74 Å². The molecular weight excluding hydrogens is 150 g/mol. The second-order valence-electron chi connectivity index (χ2n) is 3.38. The van der Waals surface area contributed by atoms with Gasteiger partial charge in [0.2, 0.25) is 0 Å². The highest BCUT2D eigenvalue weighted by atomic mass is 16.5. The lowest BCUT2D eigenvalue weighted by molar-refractivity contribution is 0.0810. The summed E-state index contributed by atoms with van der Waals surface area (Å²) in [6.07, 6.45) is 1.40. The summed E-state index contributed by atoms with van der Waals surface area (Å²) in [6.45, 7) is 12.7. The normalized spacial score (nSPS) is 10.7. The van der Waals surface area contributed by atoms with Crippen LogP contribution in [-0.2, 0) is 4.74 Å². The summed E-state index contributed by atoms with van der Waals surface area (Å²) in [5.41, 5.74) is 1.23. The number of hydrogen-bond donors (Lipinski definition) is 1. The first-order valence-corrected chi connectivity index (χ1v) is 4.59. The van der Waals surface area contributed by atoms with E-state index in [1.165, 1.54) is 5.57 Å². The summed E-state index contributed by atoms with van der Waals surface area (Å²) in [6, 6.07) is 0. The van der Waals surface area contributed by atoms with Gasteiger partial charge in [-0.25, -0.2) is 0 Å². The van der Waals surface area contributed by atoms with Crippen molar-refractivity contribution in [3.63, 3.8) is 0 Å². The molecule has 0 fully saturated rings. The number of rotatable bonds is 7. The van der Waals surface area contributed by atoms with Crippen LogP contribution in [0, 0.1) is 0 Å². The molecule has 1 N–H and O–H groups in total. The van der Waals surface area contributed by atoms with Gasteiger partial charge in [-0.2, -0.15) is 0 Å². The Balaban J connectivity index is 2.96. The van der Waals surface area contributed by atoms with Gasteiger partial charge in [-0.15, -0.1) is 6.58 Å². The van der Waals surface area contributed by atoms with Gasteiger partial charge in [0.25, 0.3) is 0 Å². The fraction of sp³-hybridized carbons (Fsp3) is 0.800. The van der Waals surface area contributed by atoms with Crippen molar-refractivity contribution in [2.75, 3.05) is 19.7 Å². The zero-order valence-electron chi connectivity index (χ0n) is 8.52. The van der Waals surface area contributed by atoms with E-state index in [-0.39, 0.29) is 0 Å². The molecular formula is C10H21NO. The summed E-state index contributed by atoms with van der Waals surface area (Å²) in [7, 11) is 0. The third-order valence-corrected chi connectivity index (χ3v) is 1.46. The first kappa shape index (κ1) is 11.7. The maximum atomic E-state index is 5.36. The van der Waals surface area contributed by atoms with Gasteiger partial charge in [-0.3, -0.25) is 0 Å². The van der Waals surface area contributed by atoms with Crippen LogP contribution in [0.15, 0.2) is 12.2 Å². The maximum absolute atomic E-state index is 5.36. The molecule has 0 aliphatic rings. The Bertz CT molecular complexity index is 121. The zero-order valence-corrected chi connectivity index (χ0v) is 8.52. The van der Waals surface area contributed by atoms with Gasteiger partial charge in [0.15, 0.2) is 0 Å². The fourth-order valence-corrected chi connectivity index (χ4v) is 0.794. The second-order valence-corrected chi connectivity index (χ2v) is 3.38. The largest absolute Gasteiger partial charge is 0.377 e. The van der Waals surface area contributed by atoms with Gasteiger partial charge in [0.1, 0.15) is 0 Å². The Hall–Kier alpha value is -0.340. The second kappa shape index (κ2) is 7.32. The molecule has 0 radical (unpaired) electrons. The van der Waals surface area contributed by atoms with Crippen LogP contribution >= 0.6 is 0 Å². The molecule has 0 unspecified atom stereocenters. The summed E-state index contributed by atoms with van der Waals surface area (Å²) in [5.74, 6) is 0. The van der Waals surface area contributed by atoms with Gasteiger partial charge in [0, 0.05) is 6.54 Å². The highest BCUT2D eigenvalue weighted by molar-refractivity contribution is 4.87. The lowest BCUT2D eigenvalue weighted by atomic mass is 10.2. The third kappa shape index (κ3) is 9.66. The lowest BCUT2D eigenvalue weighted by Crippen LogP contribution is -2.22. The van der Waals surface area contributed by atoms with Crippen LogP contribution in [0.1, 0.15) is 27.2 Å². The van der Waals surface area contributed by atoms with Crippen LogP contribution in [0.3, 0.4) is 0 Å². The minimum Gasteiger partial charge on any atom is -0.377 e. The van der Waals surface area contributed by atoms with Crippen molar-refractivity contribution in [2.45, 2.75) is 33.3 Å². The van der Waals surface area contributed by atoms with Crippen LogP contribution in [-0.4, -0.2) is 25.8 Å². The lowest BCUT2D eigenvalue weighted by Gasteiger charge is -2.08. The Morgan fingerprint density at radius 3 is 2.58 bits per heavy atom. The van der Waals surface area contributed by atoms with Gasteiger partial charge in [0.05, 0.1) is 12.7 Å². The van der Waals surface area contributed by atoms with Crippen molar-refractivity contribution in [1.29, 1.82) is 0 Å². The molecule has 0 aromatic carbocycles. The van der Waals surface area contributed by atoms with Crippen LogP contribution in [0.5, 0.6) is 0 Å². The molecule has 0 aromatic rings. The minimum atomic E-state index is 0.341. The molecule has 0 bridgehead atoms. The molecule has 0 atom stereocenters. The van der Waals surface area contributed by atoms with Gasteiger partial charge >= 0.3 is 0 Å². The van der Waals surface area contributed by atoms with Gasteiger partial charge < -0.3 is 10.1 Å². The van der Waals surface area contributed by atoms with Gasteiger partial charge in [-0.05, 0) is 33.7 Å². The fourth-order valence-electron chi connectivity index (χ4n) is 0.794. The van der Waals surface area contributed by atoms with Crippen molar-refractivity contribution in [1.82, 2.24) is 5.32 Å². The smallest absolute Gasteiger partial charge is 0.0594 e. The zero-order chi connectivity index (χ0) is 9.40. The predicted molar refractivity (Wildman–Crippen MR) is 53.4 cm³/mol. The van der Waals surface area contributed by atoms with E-state index in [1.54, 1.807) is 0 Å². The van der Waals surface area contributed by atoms with E-state index in [0.717, 1.165) is 26.1 Å². The Morgan fingerprint density at radius 1 is 1.42 bits per heavy atom. The van der Waals surface area contributed by atoms with E-state index < -0.39 is 0 Å². The number of nitrogens with one attached hydrogen (secondary N) is 1. The van der Waals surface area contributed by atoms with Crippen molar-refractivity contribution >= 4 is 0 Å². The first-order chi connectivity index (χ1) is 5.63. The summed E-state index contributed by atoms with van der Waals surface area (Å²) >= 11 is 0. The first-order valence-electron chi connectivity index (χ1n) is 4.59. The summed E-state index contributed by atoms with van der Waals surface area (Å²) in [5, 5.41) is 3.29. The molecule has 0 heterocycles. The molecule has 0 aromatic heterocycles. The average Bonchev–Trinajstić information content (AvgIpc) is 1.95. The molecule has 0 aliphatic carbocycles. The summed E-state index contributed by atoms with van der Waals surface area (Å²) in [4.78, 5) is 0. The summed E-state index contributed by atoms with van der Waals surface area (Å²) < 4.78 is 5.36. The Morgan fingerprint density at radius 2 is 2.08 bits per heavy atom. The van der Waals surface area contributed by atoms with E-state index in [1.807, 2.05) is 20.8 Å². The standard InChI is InChI=1S/C10H21NO/c1-9(2)5-6-11-7-8-12-10(3)4/h10-11H,1,5-8H2,2-4H3. The van der Waals surface area contributed by atoms with Crippen LogP contribution in [0.2, 0.25) is 0 Å². The molecule has 0 saturated heterocycles. The molecule has 12 heavy (non-hydrogen) atoms. The Labute approximate surface area is 76.0 Å². The molecule has 2 nitrogen and oxygen atoms in total. The van der Waals surface area contributed by atoms with Crippen molar-refractivity contribution in [3.8, 4) is 0 Å². The molecule has 0 amide bonds. The molecule has 0 aliphatic heterocycles. The number of hydrogen-bond acceptors (Lipinski definition) is 2. The van der Waals surface area contributed by atoms with E-state index in [9.17, 15) is 0 Å². The van der Waals surface area contributed by atoms with Crippen molar-refractivity contribution in [3.05, 3.63) is 12.2 Å². The van der Waals surface area contributed by atoms with E-state index >= 15 is 0 Å². The maximum Gasteiger partial charge on any atom is 0.0594 e. The molecule has 72 valence electrons. The molecule has 0 rings (SSSR count). The highest BCUT2D eigenvalue weighted by Crippen LogP contribution is 1.91. The monoisotopic (exact) mass is 171 g/mol. The van der Waals surface area contributed by atoms with E-state index in [0.29, 0.717) is 6.10 Å². The minimum absolute atomic E-state index is 0.341. The molecule has 0 spiro atoms. The van der Waals surface area contributed by atoms with Crippen molar-refractivity contribution in [2.24, 2.45) is 0 Å². The molecule has 0 saturated carbocycles. The number of ether oxygens (including phenoxy) is 1. The quantitative estimate of drug-likeness (QED) is 0.467. The van der Waals surface area contributed by atoms with Gasteiger partial charge in [-0.1, -0.05) is 5.57 Å². The van der Waals surface area contributed by atoms with Crippen LogP contribution in [0.4, 0.5) is 0 Å². The van der Waals surface area contributed by atoms with E-state index in [2.05, 4.69) is 11.9 Å². The highest BCUT2D eigenvalue weighted by Gasteiger charge is 1.92. The van der Waals surface area contributed by atoms with Crippen LogP contribution in [0.25, 0.3) is 0 Å². The molecule has 2 heteroatoms. The van der Waals surface area contributed by atoms with Crippen LogP contribution < -0.4 is 5.32 Å².